The van der Waals surface area contributed by atoms with Gasteiger partial charge in [-0.2, -0.15) is 4.31 Å². The van der Waals surface area contributed by atoms with Gasteiger partial charge in [0.1, 0.15) is 0 Å². The highest BCUT2D eigenvalue weighted by atomic mass is 35.5. The van der Waals surface area contributed by atoms with Crippen LogP contribution < -0.4 is 5.32 Å². The largest absolute Gasteiger partial charge is 0.326 e. The van der Waals surface area contributed by atoms with Crippen LogP contribution in [0.25, 0.3) is 0 Å². The predicted molar refractivity (Wildman–Crippen MR) is 127 cm³/mol. The highest BCUT2D eigenvalue weighted by molar-refractivity contribution is 7.89. The second-order valence-electron chi connectivity index (χ2n) is 8.66. The number of hydrogen-bond acceptors (Lipinski definition) is 4. The minimum atomic E-state index is -3.45. The number of carbonyl (C=O) groups excluding carboxylic acids is 1. The molecule has 0 radical (unpaired) electrons. The summed E-state index contributed by atoms with van der Waals surface area (Å²) in [5, 5.41) is 3.70. The van der Waals surface area contributed by atoms with E-state index in [1.807, 2.05) is 24.3 Å². The minimum Gasteiger partial charge on any atom is -0.326 e. The van der Waals surface area contributed by atoms with Crippen molar-refractivity contribution in [2.24, 2.45) is 5.92 Å². The Bertz CT molecular complexity index is 1010. The fourth-order valence-corrected chi connectivity index (χ4v) is 6.05. The van der Waals surface area contributed by atoms with E-state index in [0.29, 0.717) is 18.8 Å². The third kappa shape index (κ3) is 5.70. The Kier molecular flexibility index (Phi) is 7.51. The molecular formula is C24H30ClN3O3S. The summed E-state index contributed by atoms with van der Waals surface area (Å²) in [6.07, 6.45) is 4.51. The van der Waals surface area contributed by atoms with Gasteiger partial charge in [0.25, 0.3) is 0 Å². The number of piperidine rings is 2. The average Bonchev–Trinajstić information content (AvgIpc) is 2.82. The molecule has 2 heterocycles. The van der Waals surface area contributed by atoms with Gasteiger partial charge in [-0.25, -0.2) is 8.42 Å². The second-order valence-corrected chi connectivity index (χ2v) is 11.0. The van der Waals surface area contributed by atoms with Crippen LogP contribution in [-0.4, -0.2) is 49.7 Å². The Morgan fingerprint density at radius 3 is 2.16 bits per heavy atom. The number of benzene rings is 2. The van der Waals surface area contributed by atoms with Gasteiger partial charge in [0.05, 0.1) is 4.90 Å². The van der Waals surface area contributed by atoms with Crippen LogP contribution in [0.15, 0.2) is 53.4 Å². The molecular weight excluding hydrogens is 446 g/mol. The van der Waals surface area contributed by atoms with E-state index in [2.05, 4.69) is 10.2 Å². The van der Waals surface area contributed by atoms with Gasteiger partial charge in [-0.05, 0) is 80.7 Å². The van der Waals surface area contributed by atoms with Crippen LogP contribution >= 0.6 is 11.6 Å². The summed E-state index contributed by atoms with van der Waals surface area (Å²) in [6, 6.07) is 14.4. The van der Waals surface area contributed by atoms with Gasteiger partial charge in [-0.15, -0.1) is 0 Å². The van der Waals surface area contributed by atoms with E-state index in [4.69, 9.17) is 11.6 Å². The molecule has 0 aliphatic carbocycles. The summed E-state index contributed by atoms with van der Waals surface area (Å²) in [4.78, 5) is 15.4. The molecule has 6 nitrogen and oxygen atoms in total. The molecule has 2 aromatic rings. The van der Waals surface area contributed by atoms with Crippen molar-refractivity contribution in [3.05, 3.63) is 59.1 Å². The Morgan fingerprint density at radius 2 is 1.53 bits per heavy atom. The van der Waals surface area contributed by atoms with E-state index in [1.54, 1.807) is 28.6 Å². The van der Waals surface area contributed by atoms with E-state index in [0.717, 1.165) is 56.8 Å². The molecule has 2 aromatic carbocycles. The van der Waals surface area contributed by atoms with Crippen molar-refractivity contribution in [1.82, 2.24) is 9.21 Å². The van der Waals surface area contributed by atoms with Crippen LogP contribution in [0.3, 0.4) is 0 Å². The van der Waals surface area contributed by atoms with Gasteiger partial charge < -0.3 is 5.32 Å². The van der Waals surface area contributed by atoms with E-state index >= 15 is 0 Å². The van der Waals surface area contributed by atoms with E-state index in [9.17, 15) is 13.2 Å². The van der Waals surface area contributed by atoms with E-state index in [1.165, 1.54) is 5.56 Å². The first-order valence-electron chi connectivity index (χ1n) is 11.3. The second kappa shape index (κ2) is 10.3. The molecule has 0 aromatic heterocycles. The molecule has 0 spiro atoms. The lowest BCUT2D eigenvalue weighted by molar-refractivity contribution is -0.121. The van der Waals surface area contributed by atoms with E-state index in [-0.39, 0.29) is 16.7 Å². The first kappa shape index (κ1) is 23.2. The molecule has 0 saturated carbocycles. The lowest BCUT2D eigenvalue weighted by atomic mass is 9.95. The Labute approximate surface area is 195 Å². The number of sulfonamides is 1. The van der Waals surface area contributed by atoms with Gasteiger partial charge in [-0.1, -0.05) is 30.2 Å². The van der Waals surface area contributed by atoms with Crippen LogP contribution in [0.2, 0.25) is 5.02 Å². The molecule has 1 amide bonds. The average molecular weight is 476 g/mol. The molecule has 2 fully saturated rings. The maximum Gasteiger partial charge on any atom is 0.243 e. The van der Waals surface area contributed by atoms with Crippen LogP contribution in [0, 0.1) is 5.92 Å². The molecule has 172 valence electrons. The number of nitrogens with one attached hydrogen (secondary N) is 1. The maximum absolute atomic E-state index is 12.8. The zero-order chi connectivity index (χ0) is 22.6. The maximum atomic E-state index is 12.8. The van der Waals surface area contributed by atoms with Crippen molar-refractivity contribution >= 4 is 33.2 Å². The highest BCUT2D eigenvalue weighted by Crippen LogP contribution is 2.24. The third-order valence-corrected chi connectivity index (χ3v) is 8.52. The summed E-state index contributed by atoms with van der Waals surface area (Å²) < 4.78 is 27.1. The van der Waals surface area contributed by atoms with Gasteiger partial charge in [0.2, 0.25) is 15.9 Å². The van der Waals surface area contributed by atoms with Crippen molar-refractivity contribution in [1.29, 1.82) is 0 Å². The quantitative estimate of drug-likeness (QED) is 0.673. The standard InChI is InChI=1S/C24H30ClN3O3S/c25-21-6-4-19(5-7-21)18-27-16-12-20(13-17-27)24(29)26-22-8-10-23(11-9-22)32(30,31)28-14-2-1-3-15-28/h4-11,20H,1-3,12-18H2,(H,26,29). The number of likely N-dealkylation sites (tertiary alicyclic amines) is 1. The van der Waals surface area contributed by atoms with Crippen LogP contribution in [-0.2, 0) is 21.4 Å². The molecule has 1 N–H and O–H groups in total. The molecule has 0 atom stereocenters. The lowest BCUT2D eigenvalue weighted by Crippen LogP contribution is -2.37. The van der Waals surface area contributed by atoms with Crippen molar-refractivity contribution in [3.63, 3.8) is 0 Å². The predicted octanol–water partition coefficient (Wildman–Crippen LogP) is 4.37. The van der Waals surface area contributed by atoms with Crippen molar-refractivity contribution < 1.29 is 13.2 Å². The van der Waals surface area contributed by atoms with Gasteiger partial charge >= 0.3 is 0 Å². The molecule has 0 unspecified atom stereocenters. The van der Waals surface area contributed by atoms with Gasteiger partial charge in [0, 0.05) is 36.3 Å². The van der Waals surface area contributed by atoms with Crippen LogP contribution in [0.5, 0.6) is 0 Å². The molecule has 2 saturated heterocycles. The number of nitrogens with zero attached hydrogens (tertiary/aromatic N) is 2. The Balaban J connectivity index is 1.28. The van der Waals surface area contributed by atoms with Gasteiger partial charge in [-0.3, -0.25) is 9.69 Å². The smallest absolute Gasteiger partial charge is 0.243 e. The number of anilines is 1. The summed E-state index contributed by atoms with van der Waals surface area (Å²) >= 11 is 5.95. The Hall–Kier alpha value is -1.93. The summed E-state index contributed by atoms with van der Waals surface area (Å²) in [5.74, 6) is -0.0315. The molecule has 0 bridgehead atoms. The van der Waals surface area contributed by atoms with Gasteiger partial charge in [0.15, 0.2) is 0 Å². The normalized spacial score (nSPS) is 19.0. The monoisotopic (exact) mass is 475 g/mol. The number of halogens is 1. The van der Waals surface area contributed by atoms with E-state index < -0.39 is 10.0 Å². The van der Waals surface area contributed by atoms with Crippen molar-refractivity contribution in [3.8, 4) is 0 Å². The summed E-state index contributed by atoms with van der Waals surface area (Å²) in [5.41, 5.74) is 1.85. The topological polar surface area (TPSA) is 69.7 Å². The minimum absolute atomic E-state index is 0.00257. The first-order valence-corrected chi connectivity index (χ1v) is 13.1. The zero-order valence-corrected chi connectivity index (χ0v) is 19.7. The fraction of sp³-hybridized carbons (Fsp3) is 0.458. The SMILES string of the molecule is O=C(Nc1ccc(S(=O)(=O)N2CCCCC2)cc1)C1CCN(Cc2ccc(Cl)cc2)CC1. The molecule has 32 heavy (non-hydrogen) atoms. The molecule has 4 rings (SSSR count). The first-order chi connectivity index (χ1) is 15.4. The molecule has 2 aliphatic heterocycles. The summed E-state index contributed by atoms with van der Waals surface area (Å²) in [6.45, 7) is 3.76. The number of amides is 1. The van der Waals surface area contributed by atoms with Crippen molar-refractivity contribution in [2.75, 3.05) is 31.5 Å². The number of carbonyl (C=O) groups is 1. The molecule has 8 heteroatoms. The van der Waals surface area contributed by atoms with Crippen LogP contribution in [0.1, 0.15) is 37.7 Å². The zero-order valence-electron chi connectivity index (χ0n) is 18.2. The van der Waals surface area contributed by atoms with Crippen LogP contribution in [0.4, 0.5) is 5.69 Å². The molecule has 2 aliphatic rings. The fourth-order valence-electron chi connectivity index (χ4n) is 4.41. The number of hydrogen-bond donors (Lipinski definition) is 1. The Morgan fingerprint density at radius 1 is 0.906 bits per heavy atom. The number of rotatable bonds is 6. The van der Waals surface area contributed by atoms with Crippen molar-refractivity contribution in [2.45, 2.75) is 43.5 Å². The highest BCUT2D eigenvalue weighted by Gasteiger charge is 2.27. The lowest BCUT2D eigenvalue weighted by Gasteiger charge is -2.31. The summed E-state index contributed by atoms with van der Waals surface area (Å²) in [7, 11) is -3.45. The third-order valence-electron chi connectivity index (χ3n) is 6.35.